The van der Waals surface area contributed by atoms with Crippen molar-refractivity contribution in [2.24, 2.45) is 0 Å². The van der Waals surface area contributed by atoms with E-state index in [2.05, 4.69) is 0 Å². The average Bonchev–Trinajstić information content (AvgIpc) is 2.99. The summed E-state index contributed by atoms with van der Waals surface area (Å²) in [5.74, 6) is -0.452. The molecule has 2 aromatic carbocycles. The molecule has 24 heavy (non-hydrogen) atoms. The van der Waals surface area contributed by atoms with Crippen LogP contribution in [0.5, 0.6) is 0 Å². The maximum absolute atomic E-state index is 12.4. The lowest BCUT2D eigenvalue weighted by Gasteiger charge is -2.33. The van der Waals surface area contributed by atoms with Crippen molar-refractivity contribution >= 4 is 11.8 Å². The van der Waals surface area contributed by atoms with Crippen LogP contribution in [-0.4, -0.2) is 28.4 Å². The molecule has 122 valence electrons. The molecule has 0 bridgehead atoms. The predicted octanol–water partition coefficient (Wildman–Crippen LogP) is 3.33. The van der Waals surface area contributed by atoms with Crippen LogP contribution in [-0.2, 0) is 9.59 Å². The van der Waals surface area contributed by atoms with E-state index in [1.54, 1.807) is 13.0 Å². The summed E-state index contributed by atoms with van der Waals surface area (Å²) in [6, 6.07) is 19.8. The molecule has 1 heterocycles. The van der Waals surface area contributed by atoms with E-state index in [9.17, 15) is 9.59 Å². The maximum atomic E-state index is 12.4. The van der Waals surface area contributed by atoms with Crippen molar-refractivity contribution in [1.29, 1.82) is 0 Å². The molecule has 0 radical (unpaired) electrons. The van der Waals surface area contributed by atoms with Gasteiger partial charge in [-0.15, -0.1) is 0 Å². The van der Waals surface area contributed by atoms with Gasteiger partial charge < -0.3 is 0 Å². The minimum absolute atomic E-state index is 0.157. The van der Waals surface area contributed by atoms with Gasteiger partial charge in [0.25, 0.3) is 5.91 Å². The summed E-state index contributed by atoms with van der Waals surface area (Å²) in [5.41, 5.74) is 2.10. The van der Waals surface area contributed by atoms with E-state index < -0.39 is 0 Å². The molecule has 4 nitrogen and oxygen atoms in total. The molecule has 1 aliphatic rings. The zero-order valence-electron chi connectivity index (χ0n) is 13.6. The highest BCUT2D eigenvalue weighted by molar-refractivity contribution is 6.01. The van der Waals surface area contributed by atoms with Crippen LogP contribution in [0.1, 0.15) is 30.5 Å². The van der Waals surface area contributed by atoms with Crippen LogP contribution < -0.4 is 0 Å². The van der Waals surface area contributed by atoms with Gasteiger partial charge in [0.1, 0.15) is 0 Å². The Morgan fingerprint density at radius 3 is 2.04 bits per heavy atom. The number of hydrogen-bond donors (Lipinski definition) is 0. The Kier molecular flexibility index (Phi) is 4.87. The van der Waals surface area contributed by atoms with E-state index in [0.29, 0.717) is 13.0 Å². The van der Waals surface area contributed by atoms with Gasteiger partial charge in [0, 0.05) is 19.0 Å². The topological polar surface area (TPSA) is 40.6 Å². The first kappa shape index (κ1) is 16.1. The van der Waals surface area contributed by atoms with Crippen molar-refractivity contribution in [1.82, 2.24) is 10.0 Å². The van der Waals surface area contributed by atoms with Gasteiger partial charge in [-0.1, -0.05) is 66.7 Å². The SMILES string of the molecule is C/C=C/C(=O)N1C(=O)CCN1C(c1ccccc1)c1ccccc1. The second-order valence-corrected chi connectivity index (χ2v) is 5.68. The quantitative estimate of drug-likeness (QED) is 0.811. The Bertz CT molecular complexity index is 701. The fourth-order valence-corrected chi connectivity index (χ4v) is 3.07. The van der Waals surface area contributed by atoms with Crippen LogP contribution in [0.25, 0.3) is 0 Å². The first-order chi connectivity index (χ1) is 11.7. The smallest absolute Gasteiger partial charge is 0.267 e. The van der Waals surface area contributed by atoms with Crippen LogP contribution in [0.3, 0.4) is 0 Å². The molecule has 0 N–H and O–H groups in total. The summed E-state index contributed by atoms with van der Waals surface area (Å²) < 4.78 is 0. The maximum Gasteiger partial charge on any atom is 0.267 e. The predicted molar refractivity (Wildman–Crippen MR) is 92.7 cm³/mol. The van der Waals surface area contributed by atoms with Gasteiger partial charge in [-0.2, -0.15) is 5.01 Å². The van der Waals surface area contributed by atoms with E-state index in [4.69, 9.17) is 0 Å². The average molecular weight is 320 g/mol. The highest BCUT2D eigenvalue weighted by Gasteiger charge is 2.38. The third kappa shape index (κ3) is 3.14. The van der Waals surface area contributed by atoms with Crippen LogP contribution in [0.15, 0.2) is 72.8 Å². The molecule has 1 saturated heterocycles. The molecule has 1 fully saturated rings. The number of amides is 2. The lowest BCUT2D eigenvalue weighted by atomic mass is 9.98. The van der Waals surface area contributed by atoms with Crippen LogP contribution in [0.4, 0.5) is 0 Å². The summed E-state index contributed by atoms with van der Waals surface area (Å²) in [6.07, 6.45) is 3.44. The molecule has 2 aromatic rings. The number of carbonyl (C=O) groups is 2. The molecular formula is C20H20N2O2. The largest absolute Gasteiger partial charge is 0.273 e. The number of allylic oxidation sites excluding steroid dienone is 1. The summed E-state index contributed by atoms with van der Waals surface area (Å²) >= 11 is 0. The highest BCUT2D eigenvalue weighted by Crippen LogP contribution is 2.33. The molecule has 0 aromatic heterocycles. The number of nitrogens with zero attached hydrogens (tertiary/aromatic N) is 2. The lowest BCUT2D eigenvalue weighted by Crippen LogP contribution is -2.45. The number of rotatable bonds is 4. The second kappa shape index (κ2) is 7.23. The minimum Gasteiger partial charge on any atom is -0.273 e. The lowest BCUT2D eigenvalue weighted by molar-refractivity contribution is -0.154. The standard InChI is InChI=1S/C20H20N2O2/c1-2-9-18(23)22-19(24)14-15-21(22)20(16-10-5-3-6-11-16)17-12-7-4-8-13-17/h2-13,20H,14-15H2,1H3/b9-2+. The Balaban J connectivity index is 2.05. The van der Waals surface area contributed by atoms with E-state index in [-0.39, 0.29) is 17.9 Å². The number of carbonyl (C=O) groups excluding carboxylic acids is 2. The first-order valence-corrected chi connectivity index (χ1v) is 8.08. The summed E-state index contributed by atoms with van der Waals surface area (Å²) in [6.45, 7) is 2.30. The van der Waals surface area contributed by atoms with Gasteiger partial charge in [-0.25, -0.2) is 5.01 Å². The highest BCUT2D eigenvalue weighted by atomic mass is 16.2. The summed E-state index contributed by atoms with van der Waals surface area (Å²) in [7, 11) is 0. The van der Waals surface area contributed by atoms with Crippen LogP contribution in [0.2, 0.25) is 0 Å². The minimum atomic E-state index is -0.295. The van der Waals surface area contributed by atoms with Gasteiger partial charge in [-0.3, -0.25) is 9.59 Å². The van der Waals surface area contributed by atoms with Crippen molar-refractivity contribution in [3.63, 3.8) is 0 Å². The number of hydrazine groups is 1. The molecule has 0 unspecified atom stereocenters. The third-order valence-electron chi connectivity index (χ3n) is 4.09. The number of imide groups is 1. The zero-order chi connectivity index (χ0) is 16.9. The Labute approximate surface area is 142 Å². The second-order valence-electron chi connectivity index (χ2n) is 5.68. The number of benzene rings is 2. The van der Waals surface area contributed by atoms with E-state index in [1.165, 1.54) is 11.1 Å². The van der Waals surface area contributed by atoms with Gasteiger partial charge in [0.2, 0.25) is 5.91 Å². The zero-order valence-corrected chi connectivity index (χ0v) is 13.6. The van der Waals surface area contributed by atoms with Gasteiger partial charge in [0.15, 0.2) is 0 Å². The van der Waals surface area contributed by atoms with E-state index in [1.807, 2.05) is 65.7 Å². The van der Waals surface area contributed by atoms with Crippen LogP contribution in [0, 0.1) is 0 Å². The van der Waals surface area contributed by atoms with E-state index in [0.717, 1.165) is 11.1 Å². The van der Waals surface area contributed by atoms with Gasteiger partial charge in [0.05, 0.1) is 6.04 Å². The van der Waals surface area contributed by atoms with Gasteiger partial charge >= 0.3 is 0 Å². The third-order valence-corrected chi connectivity index (χ3v) is 4.09. The number of hydrogen-bond acceptors (Lipinski definition) is 3. The molecule has 2 amide bonds. The summed E-state index contributed by atoms with van der Waals surface area (Å²) in [4.78, 5) is 24.7. The molecule has 3 rings (SSSR count). The van der Waals surface area contributed by atoms with Crippen LogP contribution >= 0.6 is 0 Å². The molecular weight excluding hydrogens is 300 g/mol. The summed E-state index contributed by atoms with van der Waals surface area (Å²) in [5, 5.41) is 3.15. The Hall–Kier alpha value is -2.72. The monoisotopic (exact) mass is 320 g/mol. The normalized spacial score (nSPS) is 15.6. The molecule has 0 aliphatic carbocycles. The fraction of sp³-hybridized carbons (Fsp3) is 0.200. The van der Waals surface area contributed by atoms with Crippen molar-refractivity contribution < 1.29 is 9.59 Å². The molecule has 1 aliphatic heterocycles. The fourth-order valence-electron chi connectivity index (χ4n) is 3.07. The van der Waals surface area contributed by atoms with E-state index >= 15 is 0 Å². The van der Waals surface area contributed by atoms with Crippen molar-refractivity contribution in [2.75, 3.05) is 6.54 Å². The van der Waals surface area contributed by atoms with Crippen molar-refractivity contribution in [2.45, 2.75) is 19.4 Å². The molecule has 0 saturated carbocycles. The van der Waals surface area contributed by atoms with Crippen molar-refractivity contribution in [3.05, 3.63) is 83.9 Å². The first-order valence-electron chi connectivity index (χ1n) is 8.08. The molecule has 0 atom stereocenters. The molecule has 4 heteroatoms. The van der Waals surface area contributed by atoms with Crippen molar-refractivity contribution in [3.8, 4) is 0 Å². The Morgan fingerprint density at radius 1 is 1.00 bits per heavy atom. The van der Waals surface area contributed by atoms with Gasteiger partial charge in [-0.05, 0) is 18.1 Å². The Morgan fingerprint density at radius 2 is 1.54 bits per heavy atom. The molecule has 0 spiro atoms.